The van der Waals surface area contributed by atoms with Crippen molar-refractivity contribution in [2.24, 2.45) is 0 Å². The second kappa shape index (κ2) is 5.21. The van der Waals surface area contributed by atoms with Crippen LogP contribution in [0, 0.1) is 0 Å². The van der Waals surface area contributed by atoms with Crippen molar-refractivity contribution in [3.05, 3.63) is 0 Å². The Balaban J connectivity index is 5.21. The Bertz CT molecular complexity index is 366. The fourth-order valence-corrected chi connectivity index (χ4v) is 1.04. The smallest absolute Gasteiger partial charge is 0.459 e. The number of carboxylic acids is 1. The third kappa shape index (κ3) is 3.96. The van der Waals surface area contributed by atoms with E-state index in [0.29, 0.717) is 6.92 Å². The molecule has 4 nitrogen and oxygen atoms in total. The molecule has 0 aliphatic rings. The average Bonchev–Trinajstić information content (AvgIpc) is 2.13. The van der Waals surface area contributed by atoms with Crippen LogP contribution in [0.15, 0.2) is 0 Å². The molecule has 0 aromatic rings. The minimum atomic E-state index is -6.55. The highest BCUT2D eigenvalue weighted by Crippen LogP contribution is 2.48. The molecule has 0 saturated carbocycles. The highest BCUT2D eigenvalue weighted by molar-refractivity contribution is 5.82. The first kappa shape index (κ1) is 17.4. The van der Waals surface area contributed by atoms with Gasteiger partial charge in [0.05, 0.1) is 0 Å². The van der Waals surface area contributed by atoms with Crippen LogP contribution in [0.4, 0.5) is 30.7 Å². The number of rotatable bonds is 5. The lowest BCUT2D eigenvalue weighted by molar-refractivity contribution is -0.356. The maximum absolute atomic E-state index is 12.9. The molecular formula is C8H8F7NO3. The summed E-state index contributed by atoms with van der Waals surface area (Å²) in [5.74, 6) is -15.4. The Morgan fingerprint density at radius 3 is 1.79 bits per heavy atom. The van der Waals surface area contributed by atoms with Crippen molar-refractivity contribution in [3.8, 4) is 0 Å². The highest BCUT2D eigenvalue weighted by Gasteiger charge is 2.73. The molecule has 1 amide bonds. The molecule has 112 valence electrons. The third-order valence-corrected chi connectivity index (χ3v) is 1.95. The number of hydrogen-bond acceptors (Lipinski definition) is 2. The highest BCUT2D eigenvalue weighted by atomic mass is 19.4. The summed E-state index contributed by atoms with van der Waals surface area (Å²) in [6.45, 7) is 0.690. The normalized spacial score (nSPS) is 14.9. The maximum Gasteiger partial charge on any atom is 0.459 e. The van der Waals surface area contributed by atoms with Crippen LogP contribution in [0.2, 0.25) is 0 Å². The van der Waals surface area contributed by atoms with Crippen LogP contribution in [-0.4, -0.2) is 41.0 Å². The van der Waals surface area contributed by atoms with Crippen molar-refractivity contribution in [1.82, 2.24) is 5.32 Å². The van der Waals surface area contributed by atoms with Crippen LogP contribution in [-0.2, 0) is 9.59 Å². The van der Waals surface area contributed by atoms with E-state index in [4.69, 9.17) is 5.11 Å². The second-order valence-corrected chi connectivity index (χ2v) is 3.57. The number of aliphatic carboxylic acids is 1. The number of carbonyl (C=O) groups excluding carboxylic acids is 1. The van der Waals surface area contributed by atoms with Crippen molar-refractivity contribution in [2.45, 2.75) is 37.4 Å². The molecule has 0 aromatic heterocycles. The van der Waals surface area contributed by atoms with Gasteiger partial charge in [-0.1, -0.05) is 0 Å². The quantitative estimate of drug-likeness (QED) is 0.761. The monoisotopic (exact) mass is 299 g/mol. The van der Waals surface area contributed by atoms with Gasteiger partial charge < -0.3 is 10.4 Å². The maximum atomic E-state index is 12.9. The van der Waals surface area contributed by atoms with Gasteiger partial charge in [-0.2, -0.15) is 30.7 Å². The molecule has 0 aliphatic carbocycles. The Hall–Kier alpha value is -1.55. The summed E-state index contributed by atoms with van der Waals surface area (Å²) in [5, 5.41) is 9.72. The zero-order valence-electron chi connectivity index (χ0n) is 9.19. The molecule has 11 heteroatoms. The zero-order chi connectivity index (χ0) is 15.6. The van der Waals surface area contributed by atoms with Gasteiger partial charge in [-0.3, -0.25) is 4.79 Å². The number of amides is 1. The largest absolute Gasteiger partial charge is 0.480 e. The van der Waals surface area contributed by atoms with Gasteiger partial charge in [0.25, 0.3) is 0 Å². The van der Waals surface area contributed by atoms with E-state index in [-0.39, 0.29) is 0 Å². The summed E-state index contributed by atoms with van der Waals surface area (Å²) in [6, 6.07) is -2.57. The van der Waals surface area contributed by atoms with E-state index in [0.717, 1.165) is 0 Å². The van der Waals surface area contributed by atoms with E-state index >= 15 is 0 Å². The summed E-state index contributed by atoms with van der Waals surface area (Å²) < 4.78 is 86.1. The van der Waals surface area contributed by atoms with Gasteiger partial charge >= 0.3 is 24.0 Å². The van der Waals surface area contributed by atoms with Gasteiger partial charge in [-0.25, -0.2) is 4.79 Å². The van der Waals surface area contributed by atoms with Crippen LogP contribution in [0.1, 0.15) is 13.3 Å². The van der Waals surface area contributed by atoms with Gasteiger partial charge in [0.2, 0.25) is 5.91 Å². The van der Waals surface area contributed by atoms with E-state index in [1.165, 1.54) is 5.32 Å². The molecule has 0 spiro atoms. The van der Waals surface area contributed by atoms with E-state index < -0.39 is 42.4 Å². The molecular weight excluding hydrogens is 291 g/mol. The standard InChI is InChI=1S/C8H8F7NO3/c1-3(17)16-4(5(18)19)2-6(9,10)7(11,12)8(13,14)15/h4H,2H2,1H3,(H,16,17)(H,18,19). The summed E-state index contributed by atoms with van der Waals surface area (Å²) in [4.78, 5) is 20.9. The second-order valence-electron chi connectivity index (χ2n) is 3.57. The third-order valence-electron chi connectivity index (χ3n) is 1.95. The number of halogens is 7. The zero-order valence-corrected chi connectivity index (χ0v) is 9.19. The molecule has 0 saturated heterocycles. The predicted octanol–water partition coefficient (Wildman–Crippen LogP) is 1.80. The minimum Gasteiger partial charge on any atom is -0.480 e. The predicted molar refractivity (Wildman–Crippen MR) is 45.8 cm³/mol. The van der Waals surface area contributed by atoms with Crippen LogP contribution in [0.5, 0.6) is 0 Å². The molecule has 2 N–H and O–H groups in total. The van der Waals surface area contributed by atoms with Crippen LogP contribution in [0.3, 0.4) is 0 Å². The molecule has 1 atom stereocenters. The van der Waals surface area contributed by atoms with Crippen molar-refractivity contribution in [3.63, 3.8) is 0 Å². The number of carboxylic acid groups (broad SMARTS) is 1. The summed E-state index contributed by atoms with van der Waals surface area (Å²) in [5.41, 5.74) is 0. The molecule has 0 fully saturated rings. The number of carbonyl (C=O) groups is 2. The molecule has 0 radical (unpaired) electrons. The van der Waals surface area contributed by atoms with E-state index in [1.54, 1.807) is 0 Å². The number of alkyl halides is 7. The van der Waals surface area contributed by atoms with Gasteiger partial charge in [-0.05, 0) is 0 Å². The number of nitrogens with one attached hydrogen (secondary N) is 1. The molecule has 0 aromatic carbocycles. The van der Waals surface area contributed by atoms with Crippen molar-refractivity contribution >= 4 is 11.9 Å². The molecule has 0 rings (SSSR count). The molecule has 0 aliphatic heterocycles. The van der Waals surface area contributed by atoms with Gasteiger partial charge in [0, 0.05) is 13.3 Å². The Morgan fingerprint density at radius 1 is 1.11 bits per heavy atom. The van der Waals surface area contributed by atoms with Gasteiger partial charge in [0.15, 0.2) is 0 Å². The van der Waals surface area contributed by atoms with Gasteiger partial charge in [0.1, 0.15) is 6.04 Å². The first-order chi connectivity index (χ1) is 8.22. The number of hydrogen-bond donors (Lipinski definition) is 2. The van der Waals surface area contributed by atoms with Crippen molar-refractivity contribution < 1.29 is 45.4 Å². The molecule has 1 unspecified atom stereocenters. The van der Waals surface area contributed by atoms with Crippen LogP contribution < -0.4 is 5.32 Å². The fraction of sp³-hybridized carbons (Fsp3) is 0.750. The lowest BCUT2D eigenvalue weighted by Gasteiger charge is -2.29. The topological polar surface area (TPSA) is 66.4 Å². The SMILES string of the molecule is CC(=O)NC(CC(F)(F)C(F)(F)C(F)(F)F)C(=O)O. The summed E-state index contributed by atoms with van der Waals surface area (Å²) in [6.07, 6.45) is -8.94. The minimum absolute atomic E-state index is 0.690. The van der Waals surface area contributed by atoms with E-state index in [9.17, 15) is 40.3 Å². The fourth-order valence-electron chi connectivity index (χ4n) is 1.04. The first-order valence-electron chi connectivity index (χ1n) is 4.54. The van der Waals surface area contributed by atoms with E-state index in [2.05, 4.69) is 0 Å². The Labute approximate surface area is 101 Å². The lowest BCUT2D eigenvalue weighted by atomic mass is 10.0. The Morgan fingerprint density at radius 2 is 1.53 bits per heavy atom. The molecule has 0 bridgehead atoms. The van der Waals surface area contributed by atoms with Crippen LogP contribution in [0.25, 0.3) is 0 Å². The van der Waals surface area contributed by atoms with Crippen molar-refractivity contribution in [2.75, 3.05) is 0 Å². The molecule has 19 heavy (non-hydrogen) atoms. The lowest BCUT2D eigenvalue weighted by Crippen LogP contribution is -2.55. The Kier molecular flexibility index (Phi) is 4.79. The van der Waals surface area contributed by atoms with Gasteiger partial charge in [-0.15, -0.1) is 0 Å². The van der Waals surface area contributed by atoms with Crippen molar-refractivity contribution in [1.29, 1.82) is 0 Å². The summed E-state index contributed by atoms with van der Waals surface area (Å²) >= 11 is 0. The van der Waals surface area contributed by atoms with E-state index in [1.807, 2.05) is 0 Å². The molecule has 0 heterocycles. The first-order valence-corrected chi connectivity index (χ1v) is 4.54. The van der Waals surface area contributed by atoms with Crippen LogP contribution >= 0.6 is 0 Å². The average molecular weight is 299 g/mol. The summed E-state index contributed by atoms with van der Waals surface area (Å²) in [7, 11) is 0.